The van der Waals surface area contributed by atoms with Gasteiger partial charge in [0.15, 0.2) is 0 Å². The monoisotopic (exact) mass is 287 g/mol. The number of anilines is 1. The smallest absolute Gasteiger partial charge is 0.257 e. The molecule has 1 aromatic heterocycles. The summed E-state index contributed by atoms with van der Waals surface area (Å²) in [6.07, 6.45) is 7.91. The van der Waals surface area contributed by atoms with Crippen LogP contribution < -0.4 is 5.32 Å². The number of carbonyl (C=O) groups is 1. The van der Waals surface area contributed by atoms with Crippen LogP contribution in [-0.4, -0.2) is 34.9 Å². The van der Waals surface area contributed by atoms with Crippen molar-refractivity contribution < 1.29 is 4.79 Å². The number of fused-ring (bicyclic) bond motifs is 1. The maximum absolute atomic E-state index is 13.0. The van der Waals surface area contributed by atoms with Crippen molar-refractivity contribution in [1.82, 2.24) is 9.88 Å². The van der Waals surface area contributed by atoms with E-state index in [-0.39, 0.29) is 5.91 Å². The maximum atomic E-state index is 13.0. The number of nitrogens with zero attached hydrogens (tertiary/aromatic N) is 2. The van der Waals surface area contributed by atoms with Crippen molar-refractivity contribution in [3.8, 4) is 0 Å². The second kappa shape index (κ2) is 6.04. The Morgan fingerprint density at radius 1 is 1.38 bits per heavy atom. The fourth-order valence-corrected chi connectivity index (χ4v) is 3.93. The van der Waals surface area contributed by atoms with E-state index in [2.05, 4.69) is 22.1 Å². The molecule has 2 atom stereocenters. The highest BCUT2D eigenvalue weighted by atomic mass is 16.2. The molecule has 2 aliphatic rings. The summed E-state index contributed by atoms with van der Waals surface area (Å²) in [5, 5.41) is 3.31. The second-order valence-corrected chi connectivity index (χ2v) is 6.30. The summed E-state index contributed by atoms with van der Waals surface area (Å²) in [5.74, 6) is 0.888. The predicted octanol–water partition coefficient (Wildman–Crippen LogP) is 3.23. The van der Waals surface area contributed by atoms with Gasteiger partial charge >= 0.3 is 0 Å². The Labute approximate surface area is 126 Å². The van der Waals surface area contributed by atoms with E-state index in [9.17, 15) is 4.79 Å². The molecule has 1 aromatic rings. The quantitative estimate of drug-likeness (QED) is 0.928. The highest BCUT2D eigenvalue weighted by Crippen LogP contribution is 2.37. The number of aryl methyl sites for hydroxylation is 1. The van der Waals surface area contributed by atoms with E-state index in [1.54, 1.807) is 6.20 Å². The summed E-state index contributed by atoms with van der Waals surface area (Å²) in [7, 11) is 0. The Bertz CT molecular complexity index is 529. The Balaban J connectivity index is 1.87. The topological polar surface area (TPSA) is 45.2 Å². The minimum absolute atomic E-state index is 0.162. The first-order valence-electron chi connectivity index (χ1n) is 8.22. The van der Waals surface area contributed by atoms with Crippen molar-refractivity contribution in [2.24, 2.45) is 5.92 Å². The molecule has 2 heterocycles. The van der Waals surface area contributed by atoms with Gasteiger partial charge in [-0.1, -0.05) is 6.42 Å². The van der Waals surface area contributed by atoms with E-state index >= 15 is 0 Å². The van der Waals surface area contributed by atoms with E-state index in [1.165, 1.54) is 25.7 Å². The van der Waals surface area contributed by atoms with Gasteiger partial charge in [-0.25, -0.2) is 0 Å². The van der Waals surface area contributed by atoms with Crippen LogP contribution in [0, 0.1) is 12.8 Å². The zero-order valence-electron chi connectivity index (χ0n) is 13.1. The van der Waals surface area contributed by atoms with Crippen LogP contribution in [0.5, 0.6) is 0 Å². The van der Waals surface area contributed by atoms with Crippen LogP contribution in [0.15, 0.2) is 12.3 Å². The van der Waals surface area contributed by atoms with Gasteiger partial charge in [0.25, 0.3) is 5.91 Å². The summed E-state index contributed by atoms with van der Waals surface area (Å²) in [4.78, 5) is 19.5. The van der Waals surface area contributed by atoms with Gasteiger partial charge in [-0.05, 0) is 51.5 Å². The number of carbonyl (C=O) groups excluding carboxylic acids is 1. The van der Waals surface area contributed by atoms with Crippen molar-refractivity contribution in [3.63, 3.8) is 0 Å². The summed E-state index contributed by atoms with van der Waals surface area (Å²) in [6, 6.07) is 2.44. The highest BCUT2D eigenvalue weighted by Gasteiger charge is 2.38. The van der Waals surface area contributed by atoms with E-state index in [4.69, 9.17) is 0 Å². The van der Waals surface area contributed by atoms with Crippen molar-refractivity contribution in [2.75, 3.05) is 18.4 Å². The summed E-state index contributed by atoms with van der Waals surface area (Å²) < 4.78 is 0. The van der Waals surface area contributed by atoms with Crippen LogP contribution in [0.4, 0.5) is 5.69 Å². The van der Waals surface area contributed by atoms with Gasteiger partial charge in [0.1, 0.15) is 0 Å². The molecular formula is C17H25N3O. The first-order chi connectivity index (χ1) is 10.2. The lowest BCUT2D eigenvalue weighted by molar-refractivity contribution is 0.0549. The van der Waals surface area contributed by atoms with Gasteiger partial charge in [0.05, 0.1) is 11.3 Å². The van der Waals surface area contributed by atoms with E-state index < -0.39 is 0 Å². The fraction of sp³-hybridized carbons (Fsp3) is 0.647. The van der Waals surface area contributed by atoms with Crippen LogP contribution in [0.2, 0.25) is 0 Å². The summed E-state index contributed by atoms with van der Waals surface area (Å²) >= 11 is 0. The highest BCUT2D eigenvalue weighted by molar-refractivity contribution is 5.99. The Kier molecular flexibility index (Phi) is 4.13. The van der Waals surface area contributed by atoms with E-state index in [0.29, 0.717) is 6.04 Å². The number of aromatic nitrogens is 1. The lowest BCUT2D eigenvalue weighted by Crippen LogP contribution is -2.46. The number of nitrogens with one attached hydrogen (secondary N) is 1. The molecule has 1 aliphatic carbocycles. The molecule has 0 aromatic carbocycles. The first-order valence-corrected chi connectivity index (χ1v) is 8.22. The Morgan fingerprint density at radius 3 is 3.00 bits per heavy atom. The van der Waals surface area contributed by atoms with Gasteiger partial charge in [0, 0.05) is 31.0 Å². The predicted molar refractivity (Wildman–Crippen MR) is 84.5 cm³/mol. The lowest BCUT2D eigenvalue weighted by Gasteiger charge is -2.38. The maximum Gasteiger partial charge on any atom is 0.257 e. The van der Waals surface area contributed by atoms with Crippen LogP contribution in [0.1, 0.15) is 55.1 Å². The molecule has 0 radical (unpaired) electrons. The second-order valence-electron chi connectivity index (χ2n) is 6.30. The number of piperidine rings is 1. The Hall–Kier alpha value is -1.58. The Morgan fingerprint density at radius 2 is 2.19 bits per heavy atom. The average Bonchev–Trinajstić information content (AvgIpc) is 2.95. The van der Waals surface area contributed by atoms with Gasteiger partial charge in [0.2, 0.25) is 0 Å². The number of hydrogen-bond donors (Lipinski definition) is 1. The van der Waals surface area contributed by atoms with Crippen molar-refractivity contribution in [3.05, 3.63) is 23.5 Å². The molecule has 3 rings (SSSR count). The normalized spacial score (nSPS) is 24.8. The molecule has 1 saturated heterocycles. The number of amides is 1. The molecule has 1 amide bonds. The van der Waals surface area contributed by atoms with Gasteiger partial charge < -0.3 is 10.2 Å². The van der Waals surface area contributed by atoms with Crippen LogP contribution in [-0.2, 0) is 0 Å². The molecule has 1 saturated carbocycles. The minimum atomic E-state index is 0.162. The first kappa shape index (κ1) is 14.4. The van der Waals surface area contributed by atoms with E-state index in [1.807, 2.05) is 13.0 Å². The van der Waals surface area contributed by atoms with Crippen LogP contribution >= 0.6 is 0 Å². The fourth-order valence-electron chi connectivity index (χ4n) is 3.93. The SMILES string of the molecule is CCNc1cc(C)ncc1C(=O)N1CCCC2CCCC21. The third-order valence-corrected chi connectivity index (χ3v) is 4.89. The van der Waals surface area contributed by atoms with Crippen molar-refractivity contribution in [2.45, 2.75) is 52.0 Å². The number of pyridine rings is 1. The van der Waals surface area contributed by atoms with Gasteiger partial charge in [-0.3, -0.25) is 9.78 Å². The molecule has 4 heteroatoms. The number of likely N-dealkylation sites (tertiary alicyclic amines) is 1. The largest absolute Gasteiger partial charge is 0.385 e. The third-order valence-electron chi connectivity index (χ3n) is 4.89. The third kappa shape index (κ3) is 2.76. The minimum Gasteiger partial charge on any atom is -0.385 e. The summed E-state index contributed by atoms with van der Waals surface area (Å²) in [5.41, 5.74) is 2.60. The van der Waals surface area contributed by atoms with Crippen molar-refractivity contribution >= 4 is 11.6 Å². The summed E-state index contributed by atoms with van der Waals surface area (Å²) in [6.45, 7) is 5.73. The molecule has 0 bridgehead atoms. The molecule has 0 spiro atoms. The number of hydrogen-bond acceptors (Lipinski definition) is 3. The molecule has 1 N–H and O–H groups in total. The standard InChI is InChI=1S/C17H25N3O/c1-3-18-15-10-12(2)19-11-14(15)17(21)20-9-5-7-13-6-4-8-16(13)20/h10-11,13,16H,3-9H2,1-2H3,(H,18,19). The van der Waals surface area contributed by atoms with Crippen LogP contribution in [0.25, 0.3) is 0 Å². The molecule has 2 fully saturated rings. The van der Waals surface area contributed by atoms with Crippen molar-refractivity contribution in [1.29, 1.82) is 0 Å². The zero-order chi connectivity index (χ0) is 14.8. The molecule has 1 aliphatic heterocycles. The molecule has 2 unspecified atom stereocenters. The molecule has 114 valence electrons. The van der Waals surface area contributed by atoms with E-state index in [0.717, 1.165) is 42.4 Å². The van der Waals surface area contributed by atoms with Gasteiger partial charge in [-0.2, -0.15) is 0 Å². The zero-order valence-corrected chi connectivity index (χ0v) is 13.1. The van der Waals surface area contributed by atoms with Crippen LogP contribution in [0.3, 0.4) is 0 Å². The average molecular weight is 287 g/mol. The van der Waals surface area contributed by atoms with Gasteiger partial charge in [-0.15, -0.1) is 0 Å². The number of rotatable bonds is 3. The molecule has 21 heavy (non-hydrogen) atoms. The molecule has 4 nitrogen and oxygen atoms in total. The molecular weight excluding hydrogens is 262 g/mol. The lowest BCUT2D eigenvalue weighted by atomic mass is 9.91.